The summed E-state index contributed by atoms with van der Waals surface area (Å²) in [5.74, 6) is 0.684. The molecule has 3 aliphatic rings. The molecule has 19 heavy (non-hydrogen) atoms. The minimum Gasteiger partial charge on any atom is -0.200 e. The van der Waals surface area contributed by atoms with E-state index in [9.17, 15) is 0 Å². The first-order chi connectivity index (χ1) is 8.79. The quantitative estimate of drug-likeness (QED) is 0.409. The molecule has 3 saturated heterocycles. The van der Waals surface area contributed by atoms with Crippen LogP contribution in [0.4, 0.5) is 0 Å². The molecule has 0 radical (unpaired) electrons. The van der Waals surface area contributed by atoms with Crippen LogP contribution >= 0.6 is 47.0 Å². The molecule has 0 bridgehead atoms. The SMILES string of the molecule is CCC=CC12C(C)C(S)S13C(S)C3C(C)SC2(C)C. The highest BCUT2D eigenvalue weighted by atomic mass is 32.3. The molecule has 3 rings (SSSR count). The van der Waals surface area contributed by atoms with Gasteiger partial charge in [-0.2, -0.15) is 35.3 Å². The Balaban J connectivity index is 2.13. The molecule has 0 aromatic carbocycles. The number of rotatable bonds is 2. The maximum atomic E-state index is 5.03. The van der Waals surface area contributed by atoms with Crippen LogP contribution in [0.1, 0.15) is 41.0 Å². The van der Waals surface area contributed by atoms with E-state index < -0.39 is 10.0 Å². The molecule has 4 heteroatoms. The molecule has 110 valence electrons. The van der Waals surface area contributed by atoms with Crippen LogP contribution in [-0.4, -0.2) is 29.2 Å². The molecule has 7 unspecified atom stereocenters. The van der Waals surface area contributed by atoms with Crippen LogP contribution < -0.4 is 0 Å². The van der Waals surface area contributed by atoms with Crippen molar-refractivity contribution in [1.29, 1.82) is 0 Å². The summed E-state index contributed by atoms with van der Waals surface area (Å²) in [4.78, 5) is 0. The van der Waals surface area contributed by atoms with Crippen molar-refractivity contribution in [2.24, 2.45) is 5.92 Å². The van der Waals surface area contributed by atoms with Gasteiger partial charge in [0.05, 0.1) is 0 Å². The van der Waals surface area contributed by atoms with E-state index >= 15 is 0 Å². The van der Waals surface area contributed by atoms with Gasteiger partial charge in [0.1, 0.15) is 0 Å². The summed E-state index contributed by atoms with van der Waals surface area (Å²) in [5, 5.41) is 1.58. The fraction of sp³-hybridized carbons (Fsp3) is 0.867. The third-order valence-electron chi connectivity index (χ3n) is 5.63. The fourth-order valence-corrected chi connectivity index (χ4v) is 18.5. The van der Waals surface area contributed by atoms with Crippen LogP contribution in [0.2, 0.25) is 0 Å². The standard InChI is InChI=1S/C15H26S4/c1-6-7-8-15-9(2)12(16)19(15)11(13(19)17)10(3)18-14(15,4)5/h7-13,16-17H,6H2,1-5H3. The van der Waals surface area contributed by atoms with Gasteiger partial charge < -0.3 is 0 Å². The second-order valence-corrected chi connectivity index (χ2v) is 14.3. The highest BCUT2D eigenvalue weighted by molar-refractivity contribution is 8.52. The van der Waals surface area contributed by atoms with Crippen molar-refractivity contribution < 1.29 is 0 Å². The van der Waals surface area contributed by atoms with Crippen LogP contribution in [0.5, 0.6) is 0 Å². The molecule has 0 nitrogen and oxygen atoms in total. The van der Waals surface area contributed by atoms with Gasteiger partial charge in [0, 0.05) is 29.2 Å². The van der Waals surface area contributed by atoms with Crippen molar-refractivity contribution in [1.82, 2.24) is 0 Å². The van der Waals surface area contributed by atoms with E-state index in [2.05, 4.69) is 58.5 Å². The first kappa shape index (κ1) is 15.1. The largest absolute Gasteiger partial charge is 0.200 e. The molecule has 0 aromatic rings. The van der Waals surface area contributed by atoms with Gasteiger partial charge in [-0.05, 0) is 26.2 Å². The summed E-state index contributed by atoms with van der Waals surface area (Å²) < 4.78 is 1.91. The zero-order chi connectivity index (χ0) is 14.2. The van der Waals surface area contributed by atoms with Gasteiger partial charge in [-0.25, -0.2) is 0 Å². The van der Waals surface area contributed by atoms with Gasteiger partial charge in [-0.1, -0.05) is 32.9 Å². The summed E-state index contributed by atoms with van der Waals surface area (Å²) in [5.41, 5.74) is 0. The normalized spacial score (nSPS) is 61.7. The Kier molecular flexibility index (Phi) is 3.43. The number of allylic oxidation sites excluding steroid dienone is 1. The molecule has 0 N–H and O–H groups in total. The smallest absolute Gasteiger partial charge is 0.0454 e. The van der Waals surface area contributed by atoms with E-state index in [1.807, 2.05) is 0 Å². The van der Waals surface area contributed by atoms with E-state index in [0.717, 1.165) is 16.9 Å². The van der Waals surface area contributed by atoms with Gasteiger partial charge in [0.2, 0.25) is 0 Å². The van der Waals surface area contributed by atoms with Crippen molar-refractivity contribution in [3.05, 3.63) is 12.2 Å². The van der Waals surface area contributed by atoms with Gasteiger partial charge in [0.15, 0.2) is 0 Å². The van der Waals surface area contributed by atoms with E-state index in [4.69, 9.17) is 25.3 Å². The van der Waals surface area contributed by atoms with E-state index in [1.54, 1.807) is 0 Å². The lowest BCUT2D eigenvalue weighted by atomic mass is 9.81. The van der Waals surface area contributed by atoms with E-state index in [0.29, 0.717) is 24.6 Å². The number of thioether (sulfide) groups is 1. The topological polar surface area (TPSA) is 0 Å². The lowest BCUT2D eigenvalue weighted by Gasteiger charge is -2.71. The van der Waals surface area contributed by atoms with E-state index in [-0.39, 0.29) is 0 Å². The second-order valence-electron chi connectivity index (χ2n) is 6.73. The second kappa shape index (κ2) is 4.33. The first-order valence-electron chi connectivity index (χ1n) is 7.30. The van der Waals surface area contributed by atoms with Gasteiger partial charge >= 0.3 is 0 Å². The molecule has 0 aliphatic carbocycles. The van der Waals surface area contributed by atoms with Crippen LogP contribution in [0.15, 0.2) is 12.2 Å². The monoisotopic (exact) mass is 334 g/mol. The van der Waals surface area contributed by atoms with Gasteiger partial charge in [-0.3, -0.25) is 0 Å². The molecule has 3 fully saturated rings. The Bertz CT molecular complexity index is 432. The van der Waals surface area contributed by atoms with Gasteiger partial charge in [0.25, 0.3) is 0 Å². The summed E-state index contributed by atoms with van der Waals surface area (Å²) >= 11 is 12.2. The summed E-state index contributed by atoms with van der Waals surface area (Å²) in [6.07, 6.45) is 6.13. The maximum absolute atomic E-state index is 5.03. The van der Waals surface area contributed by atoms with Crippen LogP contribution in [0.25, 0.3) is 0 Å². The fourth-order valence-electron chi connectivity index (χ4n) is 4.96. The Morgan fingerprint density at radius 2 is 1.84 bits per heavy atom. The molecule has 3 heterocycles. The minimum atomic E-state index is -0.691. The molecule has 7 atom stereocenters. The highest BCUT2D eigenvalue weighted by Crippen LogP contribution is 3.00. The van der Waals surface area contributed by atoms with Crippen molar-refractivity contribution in [2.75, 3.05) is 0 Å². The number of hydrogen-bond acceptors (Lipinski definition) is 3. The Labute approximate surface area is 135 Å². The molecule has 1 spiro atoms. The van der Waals surface area contributed by atoms with E-state index in [1.165, 1.54) is 0 Å². The maximum Gasteiger partial charge on any atom is 0.0454 e. The van der Waals surface area contributed by atoms with Crippen molar-refractivity contribution >= 4 is 47.0 Å². The molecular weight excluding hydrogens is 308 g/mol. The Morgan fingerprint density at radius 3 is 2.42 bits per heavy atom. The molecule has 0 aromatic heterocycles. The van der Waals surface area contributed by atoms with Crippen LogP contribution in [-0.2, 0) is 0 Å². The van der Waals surface area contributed by atoms with Crippen LogP contribution in [0.3, 0.4) is 0 Å². The molecule has 0 amide bonds. The first-order valence-corrected chi connectivity index (χ1v) is 11.0. The minimum absolute atomic E-state index is 0.319. The lowest BCUT2D eigenvalue weighted by Crippen LogP contribution is -2.66. The van der Waals surface area contributed by atoms with Gasteiger partial charge in [-0.15, -0.1) is 11.8 Å². The third-order valence-corrected chi connectivity index (χ3v) is 16.3. The average Bonchev–Trinajstić information content (AvgIpc) is 2.97. The summed E-state index contributed by atoms with van der Waals surface area (Å²) in [7, 11) is -0.691. The average molecular weight is 335 g/mol. The molecular formula is C15H26S4. The number of hydrogen-bond donors (Lipinski definition) is 2. The van der Waals surface area contributed by atoms with Crippen LogP contribution in [0, 0.1) is 5.92 Å². The van der Waals surface area contributed by atoms with Crippen molar-refractivity contribution in [3.63, 3.8) is 0 Å². The highest BCUT2D eigenvalue weighted by Gasteiger charge is 2.85. The lowest BCUT2D eigenvalue weighted by molar-refractivity contribution is 0.377. The van der Waals surface area contributed by atoms with Crippen molar-refractivity contribution in [2.45, 2.75) is 70.2 Å². The summed E-state index contributed by atoms with van der Waals surface area (Å²) in [6, 6.07) is 0. The molecule has 0 saturated carbocycles. The summed E-state index contributed by atoms with van der Waals surface area (Å²) in [6.45, 7) is 12.0. The third kappa shape index (κ3) is 1.41. The predicted molar refractivity (Wildman–Crippen MR) is 99.4 cm³/mol. The molecule has 3 aliphatic heterocycles. The number of thiol groups is 2. The zero-order valence-electron chi connectivity index (χ0n) is 12.5. The van der Waals surface area contributed by atoms with Crippen molar-refractivity contribution in [3.8, 4) is 0 Å². The zero-order valence-corrected chi connectivity index (χ0v) is 15.9. The predicted octanol–water partition coefficient (Wildman–Crippen LogP) is 4.95. The Hall–Kier alpha value is 1.14. The Morgan fingerprint density at radius 1 is 1.21 bits per heavy atom.